The third-order valence-electron chi connectivity index (χ3n) is 4.57. The van der Waals surface area contributed by atoms with Crippen LogP contribution in [0.2, 0.25) is 0 Å². The van der Waals surface area contributed by atoms with Crippen LogP contribution in [-0.2, 0) is 11.3 Å². The summed E-state index contributed by atoms with van der Waals surface area (Å²) in [6, 6.07) is 13.4. The van der Waals surface area contributed by atoms with Crippen molar-refractivity contribution >= 4 is 17.7 Å². The van der Waals surface area contributed by atoms with Crippen molar-refractivity contribution in [3.8, 4) is 28.7 Å². The standard InChI is InChI=1S/C24H29N3O5S/c1-5-29-19-13-18(14-20(30-6-2)22(19)31-7-3)23-25-26-24(32-23)33-16-21(28)27(4)15-17-11-9-8-10-12-17/h8-14H,5-7,15-16H2,1-4H3. The van der Waals surface area contributed by atoms with E-state index in [0.717, 1.165) is 5.56 Å². The van der Waals surface area contributed by atoms with Crippen LogP contribution in [-0.4, -0.2) is 53.6 Å². The molecule has 33 heavy (non-hydrogen) atoms. The van der Waals surface area contributed by atoms with E-state index in [1.54, 1.807) is 24.1 Å². The zero-order chi connectivity index (χ0) is 23.6. The van der Waals surface area contributed by atoms with Crippen molar-refractivity contribution < 1.29 is 23.4 Å². The van der Waals surface area contributed by atoms with Crippen molar-refractivity contribution in [1.82, 2.24) is 15.1 Å². The van der Waals surface area contributed by atoms with E-state index in [9.17, 15) is 4.79 Å². The topological polar surface area (TPSA) is 86.9 Å². The zero-order valence-corrected chi connectivity index (χ0v) is 20.2. The Morgan fingerprint density at radius 2 is 1.61 bits per heavy atom. The Hall–Kier alpha value is -3.20. The Balaban J connectivity index is 1.70. The molecule has 3 rings (SSSR count). The van der Waals surface area contributed by atoms with Gasteiger partial charge in [0.25, 0.3) is 5.22 Å². The normalized spacial score (nSPS) is 10.7. The van der Waals surface area contributed by atoms with Crippen LogP contribution in [0.25, 0.3) is 11.5 Å². The van der Waals surface area contributed by atoms with Crippen LogP contribution in [0.15, 0.2) is 52.1 Å². The Kier molecular flexibility index (Phi) is 9.00. The van der Waals surface area contributed by atoms with Gasteiger partial charge in [0.2, 0.25) is 17.5 Å². The number of ether oxygens (including phenoxy) is 3. The first-order valence-corrected chi connectivity index (χ1v) is 11.8. The molecule has 9 heteroatoms. The second kappa shape index (κ2) is 12.2. The summed E-state index contributed by atoms with van der Waals surface area (Å²) < 4.78 is 23.0. The quantitative estimate of drug-likeness (QED) is 0.352. The van der Waals surface area contributed by atoms with Gasteiger partial charge in [-0.1, -0.05) is 42.1 Å². The number of amides is 1. The zero-order valence-electron chi connectivity index (χ0n) is 19.4. The van der Waals surface area contributed by atoms with Gasteiger partial charge in [0, 0.05) is 19.2 Å². The van der Waals surface area contributed by atoms with Crippen molar-refractivity contribution in [2.24, 2.45) is 0 Å². The molecule has 1 aromatic heterocycles. The highest BCUT2D eigenvalue weighted by Gasteiger charge is 2.19. The Labute approximate surface area is 198 Å². The smallest absolute Gasteiger partial charge is 0.277 e. The molecule has 0 atom stereocenters. The molecule has 0 unspecified atom stereocenters. The van der Waals surface area contributed by atoms with E-state index in [1.807, 2.05) is 51.1 Å². The maximum Gasteiger partial charge on any atom is 0.277 e. The van der Waals surface area contributed by atoms with Gasteiger partial charge in [0.15, 0.2) is 11.5 Å². The number of carbonyl (C=O) groups excluding carboxylic acids is 1. The molecule has 1 amide bonds. The summed E-state index contributed by atoms with van der Waals surface area (Å²) in [5.41, 5.74) is 1.72. The number of hydrogen-bond acceptors (Lipinski definition) is 8. The van der Waals surface area contributed by atoms with Gasteiger partial charge in [0.05, 0.1) is 25.6 Å². The van der Waals surface area contributed by atoms with Gasteiger partial charge in [0.1, 0.15) is 0 Å². The summed E-state index contributed by atoms with van der Waals surface area (Å²) in [6.45, 7) is 7.66. The van der Waals surface area contributed by atoms with Gasteiger partial charge in [-0.15, -0.1) is 10.2 Å². The van der Waals surface area contributed by atoms with E-state index < -0.39 is 0 Å². The molecule has 0 bridgehead atoms. The number of benzene rings is 2. The maximum atomic E-state index is 12.5. The molecule has 0 spiro atoms. The van der Waals surface area contributed by atoms with Crippen molar-refractivity contribution in [3.63, 3.8) is 0 Å². The third kappa shape index (κ3) is 6.64. The second-order valence-electron chi connectivity index (χ2n) is 7.00. The maximum absolute atomic E-state index is 12.5. The lowest BCUT2D eigenvalue weighted by Gasteiger charge is -2.16. The lowest BCUT2D eigenvalue weighted by molar-refractivity contribution is -0.127. The van der Waals surface area contributed by atoms with Gasteiger partial charge in [-0.3, -0.25) is 4.79 Å². The first-order valence-electron chi connectivity index (χ1n) is 10.9. The minimum atomic E-state index is -0.0260. The predicted octanol–water partition coefficient (Wildman–Crippen LogP) is 4.68. The van der Waals surface area contributed by atoms with E-state index in [4.69, 9.17) is 18.6 Å². The van der Waals surface area contributed by atoms with Crippen LogP contribution in [0.3, 0.4) is 0 Å². The predicted molar refractivity (Wildman–Crippen MR) is 127 cm³/mol. The summed E-state index contributed by atoms with van der Waals surface area (Å²) in [7, 11) is 1.78. The third-order valence-corrected chi connectivity index (χ3v) is 5.37. The van der Waals surface area contributed by atoms with Crippen LogP contribution in [0.1, 0.15) is 26.3 Å². The fourth-order valence-electron chi connectivity index (χ4n) is 3.08. The van der Waals surface area contributed by atoms with E-state index in [0.29, 0.717) is 60.3 Å². The molecule has 0 fully saturated rings. The van der Waals surface area contributed by atoms with Crippen molar-refractivity contribution in [1.29, 1.82) is 0 Å². The van der Waals surface area contributed by atoms with Crippen LogP contribution in [0, 0.1) is 0 Å². The monoisotopic (exact) mass is 471 g/mol. The van der Waals surface area contributed by atoms with Crippen molar-refractivity contribution in [2.45, 2.75) is 32.5 Å². The lowest BCUT2D eigenvalue weighted by atomic mass is 10.2. The molecular weight excluding hydrogens is 442 g/mol. The molecule has 176 valence electrons. The molecule has 0 radical (unpaired) electrons. The largest absolute Gasteiger partial charge is 0.490 e. The number of nitrogens with zero attached hydrogens (tertiary/aromatic N) is 3. The molecule has 8 nitrogen and oxygen atoms in total. The molecule has 3 aromatic rings. The summed E-state index contributed by atoms with van der Waals surface area (Å²) in [4.78, 5) is 14.2. The van der Waals surface area contributed by atoms with E-state index in [2.05, 4.69) is 10.2 Å². The van der Waals surface area contributed by atoms with E-state index in [-0.39, 0.29) is 11.7 Å². The van der Waals surface area contributed by atoms with Crippen molar-refractivity contribution in [3.05, 3.63) is 48.0 Å². The average molecular weight is 472 g/mol. The Bertz CT molecular complexity index is 1010. The number of hydrogen-bond donors (Lipinski definition) is 0. The number of carbonyl (C=O) groups is 1. The highest BCUT2D eigenvalue weighted by Crippen LogP contribution is 2.42. The Morgan fingerprint density at radius 1 is 0.970 bits per heavy atom. The van der Waals surface area contributed by atoms with Gasteiger partial charge >= 0.3 is 0 Å². The Morgan fingerprint density at radius 3 is 2.21 bits per heavy atom. The van der Waals surface area contributed by atoms with Crippen molar-refractivity contribution in [2.75, 3.05) is 32.6 Å². The molecule has 0 aliphatic carbocycles. The van der Waals surface area contributed by atoms with Gasteiger partial charge in [-0.05, 0) is 38.5 Å². The minimum absolute atomic E-state index is 0.0260. The molecule has 2 aromatic carbocycles. The van der Waals surface area contributed by atoms with Crippen LogP contribution >= 0.6 is 11.8 Å². The second-order valence-corrected chi connectivity index (χ2v) is 7.92. The van der Waals surface area contributed by atoms with E-state index in [1.165, 1.54) is 11.8 Å². The molecule has 1 heterocycles. The van der Waals surface area contributed by atoms with E-state index >= 15 is 0 Å². The van der Waals surface area contributed by atoms with Crippen LogP contribution in [0.4, 0.5) is 0 Å². The number of aromatic nitrogens is 2. The molecule has 0 N–H and O–H groups in total. The van der Waals surface area contributed by atoms with Gasteiger partial charge in [-0.2, -0.15) is 0 Å². The highest BCUT2D eigenvalue weighted by atomic mass is 32.2. The van der Waals surface area contributed by atoms with Gasteiger partial charge < -0.3 is 23.5 Å². The minimum Gasteiger partial charge on any atom is -0.490 e. The fraction of sp³-hybridized carbons (Fsp3) is 0.375. The number of rotatable bonds is 12. The lowest BCUT2D eigenvalue weighted by Crippen LogP contribution is -2.27. The SMILES string of the molecule is CCOc1cc(-c2nnc(SCC(=O)N(C)Cc3ccccc3)o2)cc(OCC)c1OCC. The molecule has 0 saturated carbocycles. The van der Waals surface area contributed by atoms with Crippen LogP contribution < -0.4 is 14.2 Å². The summed E-state index contributed by atoms with van der Waals surface area (Å²) in [6.07, 6.45) is 0. The summed E-state index contributed by atoms with van der Waals surface area (Å²) in [5, 5.41) is 8.54. The first kappa shape index (κ1) is 24.4. The average Bonchev–Trinajstić information content (AvgIpc) is 3.29. The van der Waals surface area contributed by atoms with Crippen LogP contribution in [0.5, 0.6) is 17.2 Å². The van der Waals surface area contributed by atoms with Gasteiger partial charge in [-0.25, -0.2) is 0 Å². The molecule has 0 saturated heterocycles. The highest BCUT2D eigenvalue weighted by molar-refractivity contribution is 7.99. The summed E-state index contributed by atoms with van der Waals surface area (Å²) >= 11 is 1.20. The number of thioether (sulfide) groups is 1. The fourth-order valence-corrected chi connectivity index (χ4v) is 3.78. The summed E-state index contributed by atoms with van der Waals surface area (Å²) in [5.74, 6) is 2.12. The molecular formula is C24H29N3O5S. The first-order chi connectivity index (χ1) is 16.0. The molecule has 0 aliphatic heterocycles. The molecule has 0 aliphatic rings.